The van der Waals surface area contributed by atoms with Gasteiger partial charge in [0.25, 0.3) is 5.91 Å². The van der Waals surface area contributed by atoms with Crippen molar-refractivity contribution >= 4 is 34.2 Å². The van der Waals surface area contributed by atoms with E-state index in [0.29, 0.717) is 27.5 Å². The lowest BCUT2D eigenvalue weighted by Gasteiger charge is -2.07. The van der Waals surface area contributed by atoms with Gasteiger partial charge in [-0.1, -0.05) is 17.7 Å². The van der Waals surface area contributed by atoms with Crippen molar-refractivity contribution in [2.24, 2.45) is 5.10 Å². The zero-order valence-corrected chi connectivity index (χ0v) is 15.4. The van der Waals surface area contributed by atoms with Gasteiger partial charge in [0.2, 0.25) is 0 Å². The Balaban J connectivity index is 2.14. The Morgan fingerprint density at radius 2 is 1.92 bits per heavy atom. The first kappa shape index (κ1) is 18.6. The third kappa shape index (κ3) is 4.87. The van der Waals surface area contributed by atoms with Crippen LogP contribution in [0.3, 0.4) is 0 Å². The zero-order valence-electron chi connectivity index (χ0n) is 14.5. The molecule has 1 aromatic heterocycles. The summed E-state index contributed by atoms with van der Waals surface area (Å²) in [5.74, 6) is -0.305. The number of hydrogen-bond acceptors (Lipinski definition) is 6. The molecule has 0 unspecified atom stereocenters. The highest BCUT2D eigenvalue weighted by molar-refractivity contribution is 7.11. The second-order valence-electron chi connectivity index (χ2n) is 5.32. The quantitative estimate of drug-likeness (QED) is 0.630. The van der Waals surface area contributed by atoms with E-state index >= 15 is 0 Å². The standard InChI is InChI=1S/C17H20N4O3S/c1-5-24-17(23)18-16-14(12(4)21-25-16)11(3)19-20-15(22)13-8-6-10(2)7-9-13/h6-9H,5H2,1-4H3,(H,18,23)(H,20,22)/b19-11+. The zero-order chi connectivity index (χ0) is 18.4. The molecule has 2 amide bonds. The number of aromatic nitrogens is 1. The highest BCUT2D eigenvalue weighted by atomic mass is 32.1. The number of carbonyl (C=O) groups is 2. The van der Waals surface area contributed by atoms with Crippen molar-refractivity contribution in [3.05, 3.63) is 46.6 Å². The van der Waals surface area contributed by atoms with Gasteiger partial charge in [0.05, 0.1) is 23.6 Å². The van der Waals surface area contributed by atoms with E-state index in [2.05, 4.69) is 20.2 Å². The van der Waals surface area contributed by atoms with E-state index in [0.717, 1.165) is 17.1 Å². The minimum Gasteiger partial charge on any atom is -0.450 e. The Kier molecular flexibility index (Phi) is 6.24. The van der Waals surface area contributed by atoms with E-state index in [4.69, 9.17) is 4.74 Å². The van der Waals surface area contributed by atoms with Crippen molar-refractivity contribution in [3.63, 3.8) is 0 Å². The molecule has 132 valence electrons. The van der Waals surface area contributed by atoms with Crippen molar-refractivity contribution in [2.75, 3.05) is 11.9 Å². The second-order valence-corrected chi connectivity index (χ2v) is 6.10. The third-order valence-electron chi connectivity index (χ3n) is 3.35. The van der Waals surface area contributed by atoms with Crippen molar-refractivity contribution in [1.29, 1.82) is 0 Å². The molecule has 0 aliphatic rings. The number of aryl methyl sites for hydroxylation is 2. The number of benzene rings is 1. The van der Waals surface area contributed by atoms with Gasteiger partial charge in [0, 0.05) is 5.56 Å². The Bertz CT molecular complexity index is 797. The van der Waals surface area contributed by atoms with Crippen LogP contribution in [0.4, 0.5) is 9.80 Å². The molecule has 0 radical (unpaired) electrons. The van der Waals surface area contributed by atoms with Gasteiger partial charge >= 0.3 is 6.09 Å². The van der Waals surface area contributed by atoms with Crippen LogP contribution in [0.15, 0.2) is 29.4 Å². The van der Waals surface area contributed by atoms with Crippen LogP contribution in [0.2, 0.25) is 0 Å². The number of hydrazone groups is 1. The molecule has 7 nitrogen and oxygen atoms in total. The predicted molar refractivity (Wildman–Crippen MR) is 98.4 cm³/mol. The minimum absolute atomic E-state index is 0.276. The average Bonchev–Trinajstić information content (AvgIpc) is 2.93. The Morgan fingerprint density at radius 3 is 2.56 bits per heavy atom. The number of nitrogens with zero attached hydrogens (tertiary/aromatic N) is 2. The molecule has 0 saturated carbocycles. The predicted octanol–water partition coefficient (Wildman–Crippen LogP) is 3.48. The van der Waals surface area contributed by atoms with E-state index in [1.807, 2.05) is 26.0 Å². The van der Waals surface area contributed by atoms with Gasteiger partial charge in [-0.2, -0.15) is 9.47 Å². The normalized spacial score (nSPS) is 11.1. The van der Waals surface area contributed by atoms with Gasteiger partial charge in [-0.25, -0.2) is 10.2 Å². The number of amides is 2. The summed E-state index contributed by atoms with van der Waals surface area (Å²) in [4.78, 5) is 23.8. The minimum atomic E-state index is -0.552. The maximum atomic E-state index is 12.1. The maximum Gasteiger partial charge on any atom is 0.412 e. The molecule has 0 saturated heterocycles. The third-order valence-corrected chi connectivity index (χ3v) is 4.21. The molecule has 1 heterocycles. The van der Waals surface area contributed by atoms with Crippen LogP contribution >= 0.6 is 11.5 Å². The summed E-state index contributed by atoms with van der Waals surface area (Å²) < 4.78 is 9.10. The fraction of sp³-hybridized carbons (Fsp3) is 0.294. The topological polar surface area (TPSA) is 92.7 Å². The summed E-state index contributed by atoms with van der Waals surface area (Å²) in [6, 6.07) is 7.20. The summed E-state index contributed by atoms with van der Waals surface area (Å²) in [6.07, 6.45) is -0.552. The highest BCUT2D eigenvalue weighted by Crippen LogP contribution is 2.25. The van der Waals surface area contributed by atoms with Crippen LogP contribution in [-0.2, 0) is 4.74 Å². The first-order valence-corrected chi connectivity index (χ1v) is 8.51. The summed E-state index contributed by atoms with van der Waals surface area (Å²) in [6.45, 7) is 7.50. The molecule has 0 bridgehead atoms. The first-order chi connectivity index (χ1) is 11.9. The lowest BCUT2D eigenvalue weighted by molar-refractivity contribution is 0.0954. The summed E-state index contributed by atoms with van der Waals surface area (Å²) in [7, 11) is 0. The molecule has 0 fully saturated rings. The van der Waals surface area contributed by atoms with Crippen LogP contribution < -0.4 is 10.7 Å². The molecule has 0 spiro atoms. The molecule has 0 atom stereocenters. The van der Waals surface area contributed by atoms with Crippen LogP contribution in [0, 0.1) is 13.8 Å². The van der Waals surface area contributed by atoms with E-state index in [-0.39, 0.29) is 12.5 Å². The van der Waals surface area contributed by atoms with Crippen LogP contribution in [0.1, 0.15) is 41.0 Å². The number of ether oxygens (including phenoxy) is 1. The lowest BCUT2D eigenvalue weighted by Crippen LogP contribution is -2.20. The molecule has 0 aliphatic carbocycles. The Hall–Kier alpha value is -2.74. The lowest BCUT2D eigenvalue weighted by atomic mass is 10.1. The molecular weight excluding hydrogens is 340 g/mol. The number of anilines is 1. The highest BCUT2D eigenvalue weighted by Gasteiger charge is 2.16. The average molecular weight is 360 g/mol. The number of rotatable bonds is 5. The van der Waals surface area contributed by atoms with Gasteiger partial charge in [-0.05, 0) is 51.4 Å². The van der Waals surface area contributed by atoms with Crippen LogP contribution in [0.5, 0.6) is 0 Å². The molecule has 25 heavy (non-hydrogen) atoms. The second kappa shape index (κ2) is 8.39. The number of carbonyl (C=O) groups excluding carboxylic acids is 2. The van der Waals surface area contributed by atoms with Crippen molar-refractivity contribution < 1.29 is 14.3 Å². The Morgan fingerprint density at radius 1 is 1.24 bits per heavy atom. The molecular formula is C17H20N4O3S. The molecule has 1 aromatic carbocycles. The molecule has 2 N–H and O–H groups in total. The molecule has 8 heteroatoms. The van der Waals surface area contributed by atoms with E-state index in [1.165, 1.54) is 0 Å². The van der Waals surface area contributed by atoms with Crippen molar-refractivity contribution in [3.8, 4) is 0 Å². The maximum absolute atomic E-state index is 12.1. The van der Waals surface area contributed by atoms with Gasteiger partial charge < -0.3 is 4.74 Å². The van der Waals surface area contributed by atoms with Gasteiger partial charge in [-0.3, -0.25) is 10.1 Å². The Labute approximate surface area is 150 Å². The van der Waals surface area contributed by atoms with Crippen molar-refractivity contribution in [2.45, 2.75) is 27.7 Å². The van der Waals surface area contributed by atoms with Gasteiger partial charge in [0.1, 0.15) is 5.00 Å². The van der Waals surface area contributed by atoms with Crippen LogP contribution in [-0.4, -0.2) is 28.7 Å². The van der Waals surface area contributed by atoms with E-state index in [1.54, 1.807) is 26.0 Å². The smallest absolute Gasteiger partial charge is 0.412 e. The SMILES string of the molecule is CCOC(=O)Nc1snc(C)c1/C(C)=N/NC(=O)c1ccc(C)cc1. The monoisotopic (exact) mass is 360 g/mol. The molecule has 2 aromatic rings. The summed E-state index contributed by atoms with van der Waals surface area (Å²) >= 11 is 1.14. The fourth-order valence-electron chi connectivity index (χ4n) is 2.10. The largest absolute Gasteiger partial charge is 0.450 e. The summed E-state index contributed by atoms with van der Waals surface area (Å²) in [5.41, 5.74) is 6.04. The number of hydrogen-bond donors (Lipinski definition) is 2. The molecule has 2 rings (SSSR count). The van der Waals surface area contributed by atoms with Gasteiger partial charge in [-0.15, -0.1) is 0 Å². The summed E-state index contributed by atoms with van der Waals surface area (Å²) in [5, 5.41) is 7.30. The fourth-order valence-corrected chi connectivity index (χ4v) is 2.94. The number of nitrogens with one attached hydrogen (secondary N) is 2. The van der Waals surface area contributed by atoms with Crippen LogP contribution in [0.25, 0.3) is 0 Å². The first-order valence-electron chi connectivity index (χ1n) is 7.74. The van der Waals surface area contributed by atoms with E-state index < -0.39 is 6.09 Å². The van der Waals surface area contributed by atoms with E-state index in [9.17, 15) is 9.59 Å². The van der Waals surface area contributed by atoms with Gasteiger partial charge in [0.15, 0.2) is 0 Å². The molecule has 0 aliphatic heterocycles. The van der Waals surface area contributed by atoms with Crippen molar-refractivity contribution in [1.82, 2.24) is 9.80 Å².